The zero-order valence-electron chi connectivity index (χ0n) is 11.8. The number of nitrogens with two attached hydrogens (primary N) is 1. The van der Waals surface area contributed by atoms with Crippen molar-refractivity contribution in [1.82, 2.24) is 10.3 Å². The molecule has 0 bridgehead atoms. The van der Waals surface area contributed by atoms with E-state index in [-0.39, 0.29) is 17.0 Å². The minimum absolute atomic E-state index is 0.218. The molecule has 21 heavy (non-hydrogen) atoms. The van der Waals surface area contributed by atoms with Gasteiger partial charge in [-0.25, -0.2) is 0 Å². The molecule has 0 unspecified atom stereocenters. The fraction of sp³-hybridized carbons (Fsp3) is 0.375. The van der Waals surface area contributed by atoms with Crippen LogP contribution in [0.25, 0.3) is 10.9 Å². The van der Waals surface area contributed by atoms with E-state index in [2.05, 4.69) is 10.3 Å². The van der Waals surface area contributed by atoms with Crippen LogP contribution in [0.4, 0.5) is 0 Å². The number of rotatable bonds is 3. The normalized spacial score (nSPS) is 17.0. The molecule has 3 rings (SSSR count). The Labute approximate surface area is 122 Å². The summed E-state index contributed by atoms with van der Waals surface area (Å²) in [6.07, 6.45) is 3.95. The summed E-state index contributed by atoms with van der Waals surface area (Å²) in [6, 6.07) is 8.67. The minimum Gasteiger partial charge on any atom is -0.345 e. The van der Waals surface area contributed by atoms with Gasteiger partial charge in [0.1, 0.15) is 0 Å². The van der Waals surface area contributed by atoms with Crippen LogP contribution in [-0.2, 0) is 0 Å². The standard InChI is InChI=1S/C16H19N3O2/c17-10-16(7-3-4-8-16)19-15(21)12-9-14(20)18-13-6-2-1-5-11(12)13/h1-2,5-6,9H,3-4,7-8,10,17H2,(H,18,20)(H,19,21). The number of hydrogen-bond acceptors (Lipinski definition) is 3. The number of H-pyrrole nitrogens is 1. The van der Waals surface area contributed by atoms with E-state index in [4.69, 9.17) is 5.73 Å². The lowest BCUT2D eigenvalue weighted by Gasteiger charge is -2.28. The first-order chi connectivity index (χ1) is 10.1. The minimum atomic E-state index is -0.319. The van der Waals surface area contributed by atoms with Crippen molar-refractivity contribution in [1.29, 1.82) is 0 Å². The van der Waals surface area contributed by atoms with Crippen molar-refractivity contribution >= 4 is 16.8 Å². The Kier molecular flexibility index (Phi) is 3.51. The second-order valence-corrected chi connectivity index (χ2v) is 5.74. The Morgan fingerprint density at radius 1 is 1.29 bits per heavy atom. The second kappa shape index (κ2) is 5.33. The topological polar surface area (TPSA) is 88.0 Å². The van der Waals surface area contributed by atoms with Gasteiger partial charge in [0, 0.05) is 23.5 Å². The van der Waals surface area contributed by atoms with Crippen molar-refractivity contribution in [2.24, 2.45) is 5.73 Å². The fourth-order valence-electron chi connectivity index (χ4n) is 3.13. The maximum Gasteiger partial charge on any atom is 0.252 e. The smallest absolute Gasteiger partial charge is 0.252 e. The number of carbonyl (C=O) groups is 1. The summed E-state index contributed by atoms with van der Waals surface area (Å²) in [5, 5.41) is 3.81. The SMILES string of the molecule is NCC1(NC(=O)c2cc(=O)[nH]c3ccccc23)CCCC1. The van der Waals surface area contributed by atoms with Gasteiger partial charge in [0.05, 0.1) is 11.1 Å². The first-order valence-electron chi connectivity index (χ1n) is 7.28. The monoisotopic (exact) mass is 285 g/mol. The average Bonchev–Trinajstić information content (AvgIpc) is 2.95. The molecular formula is C16H19N3O2. The third-order valence-corrected chi connectivity index (χ3v) is 4.33. The lowest BCUT2D eigenvalue weighted by Crippen LogP contribution is -2.51. The maximum absolute atomic E-state index is 12.6. The molecule has 0 aliphatic heterocycles. The van der Waals surface area contributed by atoms with Gasteiger partial charge in [-0.15, -0.1) is 0 Å². The van der Waals surface area contributed by atoms with Crippen LogP contribution >= 0.6 is 0 Å². The summed E-state index contributed by atoms with van der Waals surface area (Å²) in [7, 11) is 0. The number of hydrogen-bond donors (Lipinski definition) is 3. The molecule has 1 aromatic heterocycles. The molecule has 1 aliphatic carbocycles. The molecule has 1 saturated carbocycles. The number of aromatic nitrogens is 1. The van der Waals surface area contributed by atoms with E-state index < -0.39 is 0 Å². The summed E-state index contributed by atoms with van der Waals surface area (Å²) in [4.78, 5) is 27.1. The van der Waals surface area contributed by atoms with Crippen molar-refractivity contribution in [3.63, 3.8) is 0 Å². The Balaban J connectivity index is 2.00. The van der Waals surface area contributed by atoms with Crippen LogP contribution in [0.5, 0.6) is 0 Å². The van der Waals surface area contributed by atoms with Crippen molar-refractivity contribution in [2.45, 2.75) is 31.2 Å². The third kappa shape index (κ3) is 2.56. The molecule has 0 atom stereocenters. The zero-order chi connectivity index (χ0) is 14.9. The Morgan fingerprint density at radius 3 is 2.71 bits per heavy atom. The van der Waals surface area contributed by atoms with Crippen LogP contribution in [0.1, 0.15) is 36.0 Å². The number of nitrogens with one attached hydrogen (secondary N) is 2. The number of aromatic amines is 1. The van der Waals surface area contributed by atoms with Gasteiger partial charge in [-0.1, -0.05) is 31.0 Å². The highest BCUT2D eigenvalue weighted by Gasteiger charge is 2.34. The van der Waals surface area contributed by atoms with Crippen molar-refractivity contribution in [2.75, 3.05) is 6.54 Å². The first-order valence-corrected chi connectivity index (χ1v) is 7.28. The van der Waals surface area contributed by atoms with E-state index in [1.807, 2.05) is 18.2 Å². The highest BCUT2D eigenvalue weighted by Crippen LogP contribution is 2.29. The molecule has 0 radical (unpaired) electrons. The van der Waals surface area contributed by atoms with Gasteiger partial charge in [-0.3, -0.25) is 9.59 Å². The molecular weight excluding hydrogens is 266 g/mol. The number of benzene rings is 1. The molecule has 1 aromatic carbocycles. The number of fused-ring (bicyclic) bond motifs is 1. The van der Waals surface area contributed by atoms with Crippen LogP contribution in [0.15, 0.2) is 35.1 Å². The lowest BCUT2D eigenvalue weighted by molar-refractivity contribution is 0.0904. The van der Waals surface area contributed by atoms with Gasteiger partial charge in [0.25, 0.3) is 5.91 Å². The van der Waals surface area contributed by atoms with E-state index in [9.17, 15) is 9.59 Å². The van der Waals surface area contributed by atoms with Gasteiger partial charge in [-0.05, 0) is 18.9 Å². The molecule has 5 heteroatoms. The lowest BCUT2D eigenvalue weighted by atomic mass is 9.96. The summed E-state index contributed by atoms with van der Waals surface area (Å²) in [6.45, 7) is 0.430. The first kappa shape index (κ1) is 13.8. The van der Waals surface area contributed by atoms with E-state index in [1.165, 1.54) is 6.07 Å². The predicted molar refractivity (Wildman–Crippen MR) is 82.3 cm³/mol. The van der Waals surface area contributed by atoms with Crippen molar-refractivity contribution in [3.8, 4) is 0 Å². The summed E-state index contributed by atoms with van der Waals surface area (Å²) in [5.41, 5.74) is 6.35. The van der Waals surface area contributed by atoms with Crippen molar-refractivity contribution < 1.29 is 4.79 Å². The highest BCUT2D eigenvalue weighted by atomic mass is 16.2. The number of carbonyl (C=O) groups excluding carboxylic acids is 1. The molecule has 1 fully saturated rings. The average molecular weight is 285 g/mol. The largest absolute Gasteiger partial charge is 0.345 e. The van der Waals surface area contributed by atoms with Crippen LogP contribution < -0.4 is 16.6 Å². The molecule has 0 spiro atoms. The fourth-order valence-corrected chi connectivity index (χ4v) is 3.13. The van der Waals surface area contributed by atoms with Crippen molar-refractivity contribution in [3.05, 3.63) is 46.2 Å². The summed E-state index contributed by atoms with van der Waals surface area (Å²) in [5.74, 6) is -0.218. The maximum atomic E-state index is 12.6. The van der Waals surface area contributed by atoms with E-state index in [0.29, 0.717) is 17.6 Å². The molecule has 4 N–H and O–H groups in total. The third-order valence-electron chi connectivity index (χ3n) is 4.33. The molecule has 1 amide bonds. The van der Waals surface area contributed by atoms with Crippen LogP contribution in [-0.4, -0.2) is 23.0 Å². The number of pyridine rings is 1. The summed E-state index contributed by atoms with van der Waals surface area (Å²) >= 11 is 0. The quantitative estimate of drug-likeness (QED) is 0.799. The van der Waals surface area contributed by atoms with Gasteiger partial charge in [-0.2, -0.15) is 0 Å². The van der Waals surface area contributed by atoms with Gasteiger partial charge in [0.2, 0.25) is 5.56 Å². The summed E-state index contributed by atoms with van der Waals surface area (Å²) < 4.78 is 0. The van der Waals surface area contributed by atoms with E-state index >= 15 is 0 Å². The zero-order valence-corrected chi connectivity index (χ0v) is 11.8. The van der Waals surface area contributed by atoms with Gasteiger partial charge >= 0.3 is 0 Å². The van der Waals surface area contributed by atoms with E-state index in [0.717, 1.165) is 31.1 Å². The molecule has 0 saturated heterocycles. The molecule has 5 nitrogen and oxygen atoms in total. The van der Waals surface area contributed by atoms with Crippen LogP contribution in [0, 0.1) is 0 Å². The Morgan fingerprint density at radius 2 is 2.00 bits per heavy atom. The van der Waals surface area contributed by atoms with E-state index in [1.54, 1.807) is 6.07 Å². The molecule has 1 aliphatic rings. The second-order valence-electron chi connectivity index (χ2n) is 5.74. The van der Waals surface area contributed by atoms with Crippen LogP contribution in [0.2, 0.25) is 0 Å². The van der Waals surface area contributed by atoms with Crippen LogP contribution in [0.3, 0.4) is 0 Å². The Hall–Kier alpha value is -2.14. The molecule has 110 valence electrons. The number of amides is 1. The Bertz CT molecular complexity index is 730. The van der Waals surface area contributed by atoms with Gasteiger partial charge < -0.3 is 16.0 Å². The molecule has 2 aromatic rings. The highest BCUT2D eigenvalue weighted by molar-refractivity contribution is 6.06. The molecule has 1 heterocycles. The van der Waals surface area contributed by atoms with Gasteiger partial charge in [0.15, 0.2) is 0 Å². The number of para-hydroxylation sites is 1. The predicted octanol–water partition coefficient (Wildman–Crippen LogP) is 1.53.